The Labute approximate surface area is 167 Å². The summed E-state index contributed by atoms with van der Waals surface area (Å²) >= 11 is 0. The molecule has 1 aliphatic heterocycles. The molecule has 0 saturated carbocycles. The van der Waals surface area contributed by atoms with E-state index in [0.29, 0.717) is 6.54 Å². The first-order chi connectivity index (χ1) is 13.1. The molecule has 1 aliphatic rings. The maximum absolute atomic E-state index is 11.6. The quantitative estimate of drug-likeness (QED) is 0.796. The molecule has 1 amide bonds. The van der Waals surface area contributed by atoms with Crippen molar-refractivity contribution >= 4 is 29.9 Å². The minimum atomic E-state index is -0.555. The smallest absolute Gasteiger partial charge is 0.492 e. The van der Waals surface area contributed by atoms with Gasteiger partial charge in [-0.05, 0) is 50.0 Å². The van der Waals surface area contributed by atoms with Gasteiger partial charge in [-0.15, -0.1) is 0 Å². The third-order valence-corrected chi connectivity index (χ3v) is 5.58. The highest BCUT2D eigenvalue weighted by atomic mass is 16.7. The van der Waals surface area contributed by atoms with Crippen LogP contribution in [0.4, 0.5) is 0 Å². The first kappa shape index (κ1) is 20.4. The van der Waals surface area contributed by atoms with Gasteiger partial charge in [0.2, 0.25) is 5.91 Å². The van der Waals surface area contributed by atoms with Crippen molar-refractivity contribution in [3.63, 3.8) is 0 Å². The highest BCUT2D eigenvalue weighted by Crippen LogP contribution is 2.39. The van der Waals surface area contributed by atoms with Crippen molar-refractivity contribution in [2.24, 2.45) is 0 Å². The molecule has 2 aromatic rings. The van der Waals surface area contributed by atoms with E-state index in [9.17, 15) is 4.79 Å². The van der Waals surface area contributed by atoms with Crippen LogP contribution >= 0.6 is 0 Å². The Morgan fingerprint density at radius 3 is 2.36 bits per heavy atom. The molecule has 0 bridgehead atoms. The molecule has 1 saturated heterocycles. The minimum absolute atomic E-state index is 0.104. The van der Waals surface area contributed by atoms with Crippen LogP contribution in [0.1, 0.15) is 40.2 Å². The van der Waals surface area contributed by atoms with Gasteiger partial charge in [-0.25, -0.2) is 0 Å². The normalized spacial score (nSPS) is 18.4. The largest absolute Gasteiger partial charge is 0.496 e. The highest BCUT2D eigenvalue weighted by molar-refractivity contribution is 6.56. The van der Waals surface area contributed by atoms with Crippen molar-refractivity contribution in [2.45, 2.75) is 45.8 Å². The van der Waals surface area contributed by atoms with E-state index in [-0.39, 0.29) is 5.91 Å². The molecule has 0 aromatic heterocycles. The molecule has 3 rings (SSSR count). The Morgan fingerprint density at radius 2 is 1.75 bits per heavy atom. The van der Waals surface area contributed by atoms with E-state index in [4.69, 9.17) is 14.0 Å². The Bertz CT molecular complexity index is 904. The molecular formula is C22H28BNO4. The summed E-state index contributed by atoms with van der Waals surface area (Å²) in [6.07, 6.45) is 2.01. The highest BCUT2D eigenvalue weighted by Gasteiger charge is 2.52. The Kier molecular flexibility index (Phi) is 5.55. The van der Waals surface area contributed by atoms with Crippen molar-refractivity contribution in [1.82, 2.24) is 5.32 Å². The fourth-order valence-electron chi connectivity index (χ4n) is 3.21. The number of amides is 1. The standard InChI is InChI=1S/C22H28BNO4/c1-15(25)24-14-17(23-27-21(2,3)22(4,5)28-23)13-19-18-10-8-7-9-16(18)11-12-20(19)26-6/h7-13H,14H2,1-6H3,(H,24,25). The zero-order valence-electron chi connectivity index (χ0n) is 17.5. The minimum Gasteiger partial charge on any atom is -0.496 e. The number of hydrogen-bond acceptors (Lipinski definition) is 4. The molecule has 0 unspecified atom stereocenters. The lowest BCUT2D eigenvalue weighted by molar-refractivity contribution is -0.118. The van der Waals surface area contributed by atoms with Crippen molar-refractivity contribution in [1.29, 1.82) is 0 Å². The topological polar surface area (TPSA) is 56.8 Å². The molecular weight excluding hydrogens is 353 g/mol. The summed E-state index contributed by atoms with van der Waals surface area (Å²) in [5.41, 5.74) is 0.852. The zero-order valence-corrected chi connectivity index (χ0v) is 17.5. The molecule has 1 N–H and O–H groups in total. The predicted molar refractivity (Wildman–Crippen MR) is 113 cm³/mol. The molecule has 1 heterocycles. The van der Waals surface area contributed by atoms with Crippen LogP contribution in [0.25, 0.3) is 16.8 Å². The number of benzene rings is 2. The van der Waals surface area contributed by atoms with Gasteiger partial charge in [-0.3, -0.25) is 4.79 Å². The Balaban J connectivity index is 2.10. The van der Waals surface area contributed by atoms with Gasteiger partial charge in [0.25, 0.3) is 0 Å². The van der Waals surface area contributed by atoms with Crippen molar-refractivity contribution in [2.75, 3.05) is 13.7 Å². The molecule has 5 nitrogen and oxygen atoms in total. The van der Waals surface area contributed by atoms with Crippen molar-refractivity contribution in [3.05, 3.63) is 47.4 Å². The second kappa shape index (κ2) is 7.61. The van der Waals surface area contributed by atoms with Crippen LogP contribution in [0.5, 0.6) is 5.75 Å². The molecule has 0 atom stereocenters. The average Bonchev–Trinajstić information content (AvgIpc) is 2.85. The van der Waals surface area contributed by atoms with Crippen LogP contribution in [0.3, 0.4) is 0 Å². The van der Waals surface area contributed by atoms with E-state index in [0.717, 1.165) is 27.6 Å². The number of carbonyl (C=O) groups is 1. The molecule has 6 heteroatoms. The number of rotatable bonds is 5. The van der Waals surface area contributed by atoms with Crippen LogP contribution in [0.15, 0.2) is 41.9 Å². The van der Waals surface area contributed by atoms with Crippen molar-refractivity contribution < 1.29 is 18.8 Å². The molecule has 1 fully saturated rings. The number of nitrogens with one attached hydrogen (secondary N) is 1. The van der Waals surface area contributed by atoms with Gasteiger partial charge in [-0.1, -0.05) is 36.4 Å². The average molecular weight is 381 g/mol. The van der Waals surface area contributed by atoms with E-state index in [1.807, 2.05) is 58.0 Å². The van der Waals surface area contributed by atoms with Gasteiger partial charge in [-0.2, -0.15) is 0 Å². The maximum Gasteiger partial charge on any atom is 0.492 e. The molecule has 0 spiro atoms. The summed E-state index contributed by atoms with van der Waals surface area (Å²) in [6, 6.07) is 12.1. The van der Waals surface area contributed by atoms with Gasteiger partial charge in [0.1, 0.15) is 5.75 Å². The lowest BCUT2D eigenvalue weighted by atomic mass is 9.76. The van der Waals surface area contributed by atoms with E-state index >= 15 is 0 Å². The fraction of sp³-hybridized carbons (Fsp3) is 0.409. The molecule has 0 aliphatic carbocycles. The van der Waals surface area contributed by atoms with E-state index in [2.05, 4.69) is 17.4 Å². The number of methoxy groups -OCH3 is 1. The lowest BCUT2D eigenvalue weighted by Gasteiger charge is -2.32. The lowest BCUT2D eigenvalue weighted by Crippen LogP contribution is -2.41. The maximum atomic E-state index is 11.6. The van der Waals surface area contributed by atoms with Crippen LogP contribution < -0.4 is 10.1 Å². The van der Waals surface area contributed by atoms with Gasteiger partial charge >= 0.3 is 7.12 Å². The van der Waals surface area contributed by atoms with Gasteiger partial charge in [0, 0.05) is 19.0 Å². The van der Waals surface area contributed by atoms with Gasteiger partial charge in [0.05, 0.1) is 18.3 Å². The molecule has 28 heavy (non-hydrogen) atoms. The van der Waals surface area contributed by atoms with E-state index < -0.39 is 18.3 Å². The van der Waals surface area contributed by atoms with Crippen LogP contribution in [0, 0.1) is 0 Å². The number of ether oxygens (including phenoxy) is 1. The first-order valence-corrected chi connectivity index (χ1v) is 9.51. The summed E-state index contributed by atoms with van der Waals surface area (Å²) in [7, 11) is 1.10. The van der Waals surface area contributed by atoms with Crippen LogP contribution in [-0.4, -0.2) is 37.9 Å². The summed E-state index contributed by atoms with van der Waals surface area (Å²) in [4.78, 5) is 11.6. The Hall–Kier alpha value is -2.31. The first-order valence-electron chi connectivity index (χ1n) is 9.51. The van der Waals surface area contributed by atoms with E-state index in [1.54, 1.807) is 7.11 Å². The van der Waals surface area contributed by atoms with Crippen molar-refractivity contribution in [3.8, 4) is 5.75 Å². The summed E-state index contributed by atoms with van der Waals surface area (Å²) < 4.78 is 18.1. The second-order valence-corrected chi connectivity index (χ2v) is 8.12. The summed E-state index contributed by atoms with van der Waals surface area (Å²) in [5, 5.41) is 5.06. The molecule has 0 radical (unpaired) electrons. The van der Waals surface area contributed by atoms with Gasteiger partial charge in [0.15, 0.2) is 0 Å². The van der Waals surface area contributed by atoms with Gasteiger partial charge < -0.3 is 19.4 Å². The molecule has 2 aromatic carbocycles. The zero-order chi connectivity index (χ0) is 20.5. The van der Waals surface area contributed by atoms with Crippen LogP contribution in [-0.2, 0) is 14.1 Å². The third kappa shape index (κ3) is 3.93. The Morgan fingerprint density at radius 1 is 1.11 bits per heavy atom. The monoisotopic (exact) mass is 381 g/mol. The predicted octanol–water partition coefficient (Wildman–Crippen LogP) is 4.00. The summed E-state index contributed by atoms with van der Waals surface area (Å²) in [5.74, 6) is 0.655. The fourth-order valence-corrected chi connectivity index (χ4v) is 3.21. The number of fused-ring (bicyclic) bond motifs is 1. The summed E-state index contributed by atoms with van der Waals surface area (Å²) in [6.45, 7) is 9.89. The number of carbonyl (C=O) groups excluding carboxylic acids is 1. The van der Waals surface area contributed by atoms with Crippen LogP contribution in [0.2, 0.25) is 0 Å². The number of hydrogen-bond donors (Lipinski definition) is 1. The third-order valence-electron chi connectivity index (χ3n) is 5.58. The molecule has 148 valence electrons. The van der Waals surface area contributed by atoms with E-state index in [1.165, 1.54) is 6.92 Å². The SMILES string of the molecule is COc1ccc2ccccc2c1C=C(CNC(C)=O)B1OC(C)(C)C(C)(C)O1. The second-order valence-electron chi connectivity index (χ2n) is 8.12.